The summed E-state index contributed by atoms with van der Waals surface area (Å²) >= 11 is 0. The van der Waals surface area contributed by atoms with E-state index in [2.05, 4.69) is 0 Å². The predicted molar refractivity (Wildman–Crippen MR) is 82.5 cm³/mol. The second-order valence-electron chi connectivity index (χ2n) is 5.46. The number of benzene rings is 1. The first kappa shape index (κ1) is 15.1. The lowest BCUT2D eigenvalue weighted by Crippen LogP contribution is -2.17. The van der Waals surface area contributed by atoms with Crippen molar-refractivity contribution in [2.24, 2.45) is 0 Å². The molecule has 1 saturated heterocycles. The summed E-state index contributed by atoms with van der Waals surface area (Å²) in [7, 11) is 0. The molecule has 1 aromatic heterocycles. The highest BCUT2D eigenvalue weighted by Gasteiger charge is 2.15. The molecule has 5 nitrogen and oxygen atoms in total. The second kappa shape index (κ2) is 6.94. The number of ether oxygens (including phenoxy) is 3. The largest absolute Gasteiger partial charge is 0.491 e. The summed E-state index contributed by atoms with van der Waals surface area (Å²) in [5, 5.41) is 0.918. The Kier molecular flexibility index (Phi) is 4.75. The summed E-state index contributed by atoms with van der Waals surface area (Å²) in [6.07, 6.45) is 2.42. The smallest absolute Gasteiger partial charge is 0.336 e. The molecule has 0 aliphatic carbocycles. The minimum absolute atomic E-state index is 0.234. The van der Waals surface area contributed by atoms with E-state index < -0.39 is 0 Å². The fourth-order valence-electron chi connectivity index (χ4n) is 2.60. The van der Waals surface area contributed by atoms with E-state index in [4.69, 9.17) is 18.6 Å². The minimum Gasteiger partial charge on any atom is -0.491 e. The molecule has 0 radical (unpaired) electrons. The van der Waals surface area contributed by atoms with E-state index in [1.807, 2.05) is 19.1 Å². The van der Waals surface area contributed by atoms with Crippen LogP contribution in [0.25, 0.3) is 11.0 Å². The van der Waals surface area contributed by atoms with Crippen molar-refractivity contribution in [3.63, 3.8) is 0 Å². The molecule has 0 bridgehead atoms. The van der Waals surface area contributed by atoms with Crippen molar-refractivity contribution in [2.45, 2.75) is 25.9 Å². The van der Waals surface area contributed by atoms with Crippen LogP contribution in [0.1, 0.15) is 18.4 Å². The molecule has 0 unspecified atom stereocenters. The molecule has 1 atom stereocenters. The molecule has 2 aromatic rings. The van der Waals surface area contributed by atoms with Crippen molar-refractivity contribution in [1.82, 2.24) is 0 Å². The lowest BCUT2D eigenvalue weighted by atomic mass is 10.1. The average Bonchev–Trinajstić information content (AvgIpc) is 2.99. The molecule has 1 aromatic carbocycles. The molecule has 1 aliphatic heterocycles. The van der Waals surface area contributed by atoms with Crippen LogP contribution < -0.4 is 10.4 Å². The first-order chi connectivity index (χ1) is 10.7. The van der Waals surface area contributed by atoms with Crippen LogP contribution >= 0.6 is 0 Å². The van der Waals surface area contributed by atoms with Gasteiger partial charge in [-0.1, -0.05) is 0 Å². The van der Waals surface area contributed by atoms with Crippen molar-refractivity contribution in [2.75, 3.05) is 26.4 Å². The van der Waals surface area contributed by atoms with Gasteiger partial charge in [-0.15, -0.1) is 0 Å². The van der Waals surface area contributed by atoms with E-state index in [-0.39, 0.29) is 11.7 Å². The van der Waals surface area contributed by atoms with Crippen molar-refractivity contribution in [3.05, 3.63) is 40.2 Å². The Balaban J connectivity index is 1.52. The Morgan fingerprint density at radius 2 is 2.18 bits per heavy atom. The molecule has 118 valence electrons. The van der Waals surface area contributed by atoms with E-state index in [0.29, 0.717) is 31.2 Å². The van der Waals surface area contributed by atoms with Gasteiger partial charge in [-0.25, -0.2) is 4.79 Å². The number of hydrogen-bond acceptors (Lipinski definition) is 5. The third-order valence-electron chi connectivity index (χ3n) is 3.75. The standard InChI is InChI=1S/C17H20O5/c1-12-9-17(18)22-16-10-13(4-5-15(12)16)21-8-7-19-11-14-3-2-6-20-14/h4-5,9-10,14H,2-3,6-8,11H2,1H3/t14-/m0/s1. The molecule has 22 heavy (non-hydrogen) atoms. The fourth-order valence-corrected chi connectivity index (χ4v) is 2.60. The number of rotatable bonds is 6. The highest BCUT2D eigenvalue weighted by molar-refractivity contribution is 5.81. The molecule has 1 aliphatic rings. The SMILES string of the molecule is Cc1cc(=O)oc2cc(OCCOC[C@@H]3CCCO3)ccc12. The van der Waals surface area contributed by atoms with Gasteiger partial charge in [0, 0.05) is 24.1 Å². The third-order valence-corrected chi connectivity index (χ3v) is 3.75. The van der Waals surface area contributed by atoms with Crippen LogP contribution in [0.2, 0.25) is 0 Å². The van der Waals surface area contributed by atoms with Gasteiger partial charge in [0.1, 0.15) is 17.9 Å². The van der Waals surface area contributed by atoms with E-state index in [9.17, 15) is 4.79 Å². The van der Waals surface area contributed by atoms with Crippen LogP contribution in [-0.4, -0.2) is 32.5 Å². The number of hydrogen-bond donors (Lipinski definition) is 0. The zero-order chi connectivity index (χ0) is 15.4. The molecule has 0 amide bonds. The summed E-state index contributed by atoms with van der Waals surface area (Å²) in [6, 6.07) is 7.00. The zero-order valence-electron chi connectivity index (χ0n) is 12.7. The highest BCUT2D eigenvalue weighted by atomic mass is 16.5. The monoisotopic (exact) mass is 304 g/mol. The van der Waals surface area contributed by atoms with E-state index in [1.165, 1.54) is 6.07 Å². The maximum absolute atomic E-state index is 11.4. The van der Waals surface area contributed by atoms with Gasteiger partial charge in [-0.05, 0) is 37.5 Å². The van der Waals surface area contributed by atoms with Gasteiger partial charge in [0.15, 0.2) is 0 Å². The summed E-state index contributed by atoms with van der Waals surface area (Å²) < 4.78 is 21.8. The van der Waals surface area contributed by atoms with E-state index >= 15 is 0 Å². The molecular formula is C17H20O5. The lowest BCUT2D eigenvalue weighted by molar-refractivity contribution is 0.00854. The van der Waals surface area contributed by atoms with Crippen LogP contribution in [-0.2, 0) is 9.47 Å². The second-order valence-corrected chi connectivity index (χ2v) is 5.46. The van der Waals surface area contributed by atoms with Crippen molar-refractivity contribution in [3.8, 4) is 5.75 Å². The quantitative estimate of drug-likeness (QED) is 0.606. The van der Waals surface area contributed by atoms with Gasteiger partial charge in [-0.2, -0.15) is 0 Å². The van der Waals surface area contributed by atoms with Gasteiger partial charge in [0.2, 0.25) is 0 Å². The molecule has 1 fully saturated rings. The predicted octanol–water partition coefficient (Wildman–Crippen LogP) is 2.68. The van der Waals surface area contributed by atoms with Gasteiger partial charge in [0.25, 0.3) is 0 Å². The topological polar surface area (TPSA) is 57.9 Å². The third kappa shape index (κ3) is 3.67. The minimum atomic E-state index is -0.345. The normalized spacial score (nSPS) is 18.0. The first-order valence-electron chi connectivity index (χ1n) is 7.59. The number of fused-ring (bicyclic) bond motifs is 1. The Morgan fingerprint density at radius 1 is 1.27 bits per heavy atom. The van der Waals surface area contributed by atoms with Crippen LogP contribution in [0.15, 0.2) is 33.5 Å². The van der Waals surface area contributed by atoms with Crippen molar-refractivity contribution in [1.29, 1.82) is 0 Å². The Morgan fingerprint density at radius 3 is 3.00 bits per heavy atom. The average molecular weight is 304 g/mol. The van der Waals surface area contributed by atoms with E-state index in [1.54, 1.807) is 6.07 Å². The molecule has 5 heteroatoms. The van der Waals surface area contributed by atoms with Crippen molar-refractivity contribution >= 4 is 11.0 Å². The van der Waals surface area contributed by atoms with Gasteiger partial charge in [0.05, 0.1) is 19.3 Å². The van der Waals surface area contributed by atoms with Crippen LogP contribution in [0.3, 0.4) is 0 Å². The molecule has 0 saturated carbocycles. The maximum Gasteiger partial charge on any atom is 0.336 e. The fraction of sp³-hybridized carbons (Fsp3) is 0.471. The van der Waals surface area contributed by atoms with Crippen LogP contribution in [0.5, 0.6) is 5.75 Å². The zero-order valence-corrected chi connectivity index (χ0v) is 12.7. The van der Waals surface area contributed by atoms with Crippen LogP contribution in [0, 0.1) is 6.92 Å². The molecule has 3 rings (SSSR count). The first-order valence-corrected chi connectivity index (χ1v) is 7.59. The Bertz CT molecular complexity index is 685. The summed E-state index contributed by atoms with van der Waals surface area (Å²) in [6.45, 7) is 4.31. The highest BCUT2D eigenvalue weighted by Crippen LogP contribution is 2.22. The summed E-state index contributed by atoms with van der Waals surface area (Å²) in [4.78, 5) is 11.4. The number of aryl methyl sites for hydroxylation is 1. The summed E-state index contributed by atoms with van der Waals surface area (Å²) in [5.74, 6) is 0.668. The molecular weight excluding hydrogens is 284 g/mol. The molecule has 0 N–H and O–H groups in total. The maximum atomic E-state index is 11.4. The Hall–Kier alpha value is -1.85. The van der Waals surface area contributed by atoms with Crippen molar-refractivity contribution < 1.29 is 18.6 Å². The lowest BCUT2D eigenvalue weighted by Gasteiger charge is -2.11. The van der Waals surface area contributed by atoms with Gasteiger partial charge < -0.3 is 18.6 Å². The molecule has 2 heterocycles. The molecule has 0 spiro atoms. The van der Waals surface area contributed by atoms with Gasteiger partial charge >= 0.3 is 5.63 Å². The van der Waals surface area contributed by atoms with Crippen LogP contribution in [0.4, 0.5) is 0 Å². The Labute approximate surface area is 128 Å². The van der Waals surface area contributed by atoms with E-state index in [0.717, 1.165) is 30.4 Å². The van der Waals surface area contributed by atoms with Gasteiger partial charge in [-0.3, -0.25) is 0 Å². The summed E-state index contributed by atoms with van der Waals surface area (Å²) in [5.41, 5.74) is 1.10.